The summed E-state index contributed by atoms with van der Waals surface area (Å²) in [5, 5.41) is 25.0. The van der Waals surface area contributed by atoms with Crippen LogP contribution >= 0.6 is 47.0 Å². The molecule has 0 aromatic heterocycles. The van der Waals surface area contributed by atoms with Gasteiger partial charge in [0.15, 0.2) is 11.5 Å². The molecule has 0 aliphatic carbocycles. The zero-order valence-corrected chi connectivity index (χ0v) is 31.5. The summed E-state index contributed by atoms with van der Waals surface area (Å²) >= 11 is 5.20. The number of nitrogens with zero attached hydrogens (tertiary/aromatic N) is 2. The maximum absolute atomic E-state index is 12.5. The molecule has 10 nitrogen and oxygen atoms in total. The molecule has 50 heavy (non-hydrogen) atoms. The SMILES string of the molecule is CCCOc1c2cccc1Sc1c([N+](=O)[O-])ccc(c1OCCC)Sc1cccc(c1OCCC)Sc1c([N+](=O)[O-])ccc(c1OCCC)S2. The van der Waals surface area contributed by atoms with Crippen molar-refractivity contribution in [2.45, 2.75) is 92.5 Å². The van der Waals surface area contributed by atoms with Crippen LogP contribution in [-0.4, -0.2) is 36.3 Å². The van der Waals surface area contributed by atoms with E-state index < -0.39 is 0 Å². The molecule has 0 fully saturated rings. The van der Waals surface area contributed by atoms with Crippen molar-refractivity contribution in [2.75, 3.05) is 26.4 Å². The lowest BCUT2D eigenvalue weighted by atomic mass is 10.3. The van der Waals surface area contributed by atoms with E-state index in [1.807, 2.05) is 64.1 Å². The van der Waals surface area contributed by atoms with E-state index in [9.17, 15) is 20.2 Å². The summed E-state index contributed by atoms with van der Waals surface area (Å²) in [4.78, 5) is 29.1. The highest BCUT2D eigenvalue weighted by Gasteiger charge is 2.30. The molecular formula is C36H38N2O8S4. The number of nitro benzene ring substituents is 2. The molecule has 0 unspecified atom stereocenters. The maximum atomic E-state index is 12.5. The average molecular weight is 755 g/mol. The molecule has 0 amide bonds. The Hall–Kier alpha value is -3.72. The van der Waals surface area contributed by atoms with Gasteiger partial charge in [-0.3, -0.25) is 20.2 Å². The van der Waals surface area contributed by atoms with Gasteiger partial charge in [0.2, 0.25) is 0 Å². The van der Waals surface area contributed by atoms with E-state index in [1.165, 1.54) is 59.2 Å². The van der Waals surface area contributed by atoms with Crippen molar-refractivity contribution in [3.63, 3.8) is 0 Å². The summed E-state index contributed by atoms with van der Waals surface area (Å²) in [6.45, 7) is 9.51. The van der Waals surface area contributed by atoms with Crippen molar-refractivity contribution in [1.82, 2.24) is 0 Å². The van der Waals surface area contributed by atoms with Crippen LogP contribution in [0.4, 0.5) is 11.4 Å². The minimum absolute atomic E-state index is 0.0758. The first-order valence-electron chi connectivity index (χ1n) is 16.4. The summed E-state index contributed by atoms with van der Waals surface area (Å²) in [6, 6.07) is 17.8. The summed E-state index contributed by atoms with van der Waals surface area (Å²) in [5.41, 5.74) is -0.152. The van der Waals surface area contributed by atoms with E-state index in [0.29, 0.717) is 91.6 Å². The molecule has 0 saturated heterocycles. The van der Waals surface area contributed by atoms with Gasteiger partial charge in [0.25, 0.3) is 11.4 Å². The van der Waals surface area contributed by atoms with Gasteiger partial charge in [-0.2, -0.15) is 0 Å². The van der Waals surface area contributed by atoms with E-state index in [-0.39, 0.29) is 21.2 Å². The molecule has 0 N–H and O–H groups in total. The van der Waals surface area contributed by atoms with Gasteiger partial charge < -0.3 is 18.9 Å². The smallest absolute Gasteiger partial charge is 0.287 e. The highest BCUT2D eigenvalue weighted by atomic mass is 32.2. The largest absolute Gasteiger partial charge is 0.491 e. The molecular weight excluding hydrogens is 717 g/mol. The number of para-hydroxylation sites is 2. The van der Waals surface area contributed by atoms with Crippen LogP contribution < -0.4 is 18.9 Å². The Morgan fingerprint density at radius 3 is 1.08 bits per heavy atom. The predicted octanol–water partition coefficient (Wildman–Crippen LogP) is 11.6. The van der Waals surface area contributed by atoms with Crippen molar-refractivity contribution >= 4 is 58.4 Å². The highest BCUT2D eigenvalue weighted by Crippen LogP contribution is 2.56. The van der Waals surface area contributed by atoms with Crippen molar-refractivity contribution < 1.29 is 28.8 Å². The molecule has 0 saturated carbocycles. The molecule has 4 aromatic carbocycles. The van der Waals surface area contributed by atoms with Crippen molar-refractivity contribution in [1.29, 1.82) is 0 Å². The molecule has 8 bridgehead atoms. The van der Waals surface area contributed by atoms with Crippen molar-refractivity contribution in [2.24, 2.45) is 0 Å². The Morgan fingerprint density at radius 1 is 0.460 bits per heavy atom. The minimum Gasteiger partial charge on any atom is -0.491 e. The summed E-state index contributed by atoms with van der Waals surface area (Å²) in [6.07, 6.45) is 2.88. The second-order valence-electron chi connectivity index (χ2n) is 11.0. The van der Waals surface area contributed by atoms with Crippen LogP contribution in [0.25, 0.3) is 0 Å². The third-order valence-corrected chi connectivity index (χ3v) is 11.5. The second-order valence-corrected chi connectivity index (χ2v) is 15.2. The number of hydrogen-bond donors (Lipinski definition) is 0. The van der Waals surface area contributed by atoms with E-state index in [0.717, 1.165) is 22.6 Å². The van der Waals surface area contributed by atoms with Crippen molar-refractivity contribution in [3.8, 4) is 23.0 Å². The lowest BCUT2D eigenvalue weighted by Crippen LogP contribution is -2.04. The number of benzene rings is 4. The maximum Gasteiger partial charge on any atom is 0.287 e. The summed E-state index contributed by atoms with van der Waals surface area (Å²) in [7, 11) is 0. The fourth-order valence-corrected chi connectivity index (χ4v) is 9.46. The fraction of sp³-hybridized carbons (Fsp3) is 0.333. The third kappa shape index (κ3) is 8.59. The topological polar surface area (TPSA) is 123 Å². The van der Waals surface area contributed by atoms with Crippen LogP contribution in [0.1, 0.15) is 53.4 Å². The quantitative estimate of drug-likeness (QED) is 0.0791. The third-order valence-electron chi connectivity index (χ3n) is 7.06. The average Bonchev–Trinajstić information content (AvgIpc) is 3.10. The Balaban J connectivity index is 1.86. The van der Waals surface area contributed by atoms with Gasteiger partial charge in [-0.25, -0.2) is 0 Å². The Kier molecular flexibility index (Phi) is 13.5. The van der Waals surface area contributed by atoms with Crippen molar-refractivity contribution in [3.05, 3.63) is 80.9 Å². The van der Waals surface area contributed by atoms with Gasteiger partial charge in [0.1, 0.15) is 21.3 Å². The minimum atomic E-state index is -0.387. The Labute approximate surface area is 308 Å². The zero-order valence-electron chi connectivity index (χ0n) is 28.2. The number of hydrogen-bond acceptors (Lipinski definition) is 12. The van der Waals surface area contributed by atoms with Crippen LogP contribution in [0.5, 0.6) is 23.0 Å². The first-order chi connectivity index (χ1) is 24.3. The predicted molar refractivity (Wildman–Crippen MR) is 199 cm³/mol. The number of ether oxygens (including phenoxy) is 4. The van der Waals surface area contributed by atoms with Gasteiger partial charge in [-0.1, -0.05) is 86.9 Å². The summed E-state index contributed by atoms with van der Waals surface area (Å²) in [5.74, 6) is 1.91. The number of nitro groups is 2. The van der Waals surface area contributed by atoms with Crippen LogP contribution in [0, 0.1) is 20.2 Å². The van der Waals surface area contributed by atoms with E-state index in [1.54, 1.807) is 12.1 Å². The number of fused-ring (bicyclic) bond motifs is 8. The first-order valence-corrected chi connectivity index (χ1v) is 19.7. The van der Waals surface area contributed by atoms with Crippen LogP contribution in [0.2, 0.25) is 0 Å². The standard InChI is InChI=1S/C36H38N2O8S4/c1-5-19-43-31-25-11-9-13-27(31)49-35-23(37(39)40)16-18-30(34(35)46-22-8-4)48-26-12-10-14-28(32(26)44-20-6-2)50-36-24(38(41)42)15-17-29(47-25)33(36)45-21-7-3/h9-18H,5-8,19-22H2,1-4H3. The molecule has 14 heteroatoms. The van der Waals surface area contributed by atoms with Gasteiger partial charge >= 0.3 is 0 Å². The molecule has 0 spiro atoms. The van der Waals surface area contributed by atoms with Gasteiger partial charge in [0, 0.05) is 12.1 Å². The van der Waals surface area contributed by atoms with Gasteiger partial charge in [0.05, 0.1) is 65.6 Å². The van der Waals surface area contributed by atoms with E-state index >= 15 is 0 Å². The van der Waals surface area contributed by atoms with Gasteiger partial charge in [-0.15, -0.1) is 0 Å². The van der Waals surface area contributed by atoms with Crippen LogP contribution in [0.15, 0.2) is 99.8 Å². The van der Waals surface area contributed by atoms with Crippen LogP contribution in [-0.2, 0) is 0 Å². The van der Waals surface area contributed by atoms with Crippen LogP contribution in [0.3, 0.4) is 0 Å². The molecule has 0 radical (unpaired) electrons. The second kappa shape index (κ2) is 18.0. The highest BCUT2D eigenvalue weighted by molar-refractivity contribution is 8.01. The molecule has 1 heterocycles. The molecule has 5 rings (SSSR count). The summed E-state index contributed by atoms with van der Waals surface area (Å²) < 4.78 is 25.4. The Morgan fingerprint density at radius 2 is 0.760 bits per heavy atom. The fourth-order valence-electron chi connectivity index (χ4n) is 4.86. The Bertz CT molecular complexity index is 1720. The molecule has 0 atom stereocenters. The molecule has 1 aliphatic rings. The zero-order chi connectivity index (χ0) is 35.6. The lowest BCUT2D eigenvalue weighted by Gasteiger charge is -2.21. The lowest BCUT2D eigenvalue weighted by molar-refractivity contribution is -0.388. The first kappa shape index (κ1) is 37.5. The van der Waals surface area contributed by atoms with E-state index in [4.69, 9.17) is 18.9 Å². The van der Waals surface area contributed by atoms with Gasteiger partial charge in [-0.05, 0) is 62.1 Å². The monoisotopic (exact) mass is 754 g/mol. The van der Waals surface area contributed by atoms with E-state index in [2.05, 4.69) is 0 Å². The molecule has 1 aliphatic heterocycles. The number of rotatable bonds is 14. The normalized spacial score (nSPS) is 12.2. The molecule has 264 valence electrons. The molecule has 4 aromatic rings.